The number of carbonyl (C=O) groups is 1. The van der Waals surface area contributed by atoms with E-state index in [1.54, 1.807) is 34.2 Å². The fourth-order valence-electron chi connectivity index (χ4n) is 4.02. The van der Waals surface area contributed by atoms with Crippen molar-refractivity contribution < 1.29 is 17.6 Å². The van der Waals surface area contributed by atoms with Gasteiger partial charge in [-0.15, -0.1) is 0 Å². The second-order valence-corrected chi connectivity index (χ2v) is 10.0. The van der Waals surface area contributed by atoms with Crippen LogP contribution in [0.2, 0.25) is 0 Å². The Kier molecular flexibility index (Phi) is 6.14. The summed E-state index contributed by atoms with van der Waals surface area (Å²) in [5, 5.41) is 4.66. The summed E-state index contributed by atoms with van der Waals surface area (Å²) in [5.74, 6) is -0.732. The zero-order valence-corrected chi connectivity index (χ0v) is 19.5. The molecule has 0 bridgehead atoms. The van der Waals surface area contributed by atoms with E-state index in [0.717, 1.165) is 17.8 Å². The average molecular weight is 492 g/mol. The van der Waals surface area contributed by atoms with Crippen molar-refractivity contribution in [1.29, 1.82) is 0 Å². The van der Waals surface area contributed by atoms with Gasteiger partial charge in [0.2, 0.25) is 10.0 Å². The molecule has 0 radical (unpaired) electrons. The van der Waals surface area contributed by atoms with Crippen LogP contribution >= 0.6 is 0 Å². The number of nitrogens with zero attached hydrogens (tertiary/aromatic N) is 5. The zero-order valence-electron chi connectivity index (χ0n) is 18.7. The van der Waals surface area contributed by atoms with Crippen molar-refractivity contribution >= 4 is 15.9 Å². The van der Waals surface area contributed by atoms with Crippen molar-refractivity contribution in [3.8, 4) is 16.9 Å². The first-order valence-corrected chi connectivity index (χ1v) is 12.5. The molecule has 3 heterocycles. The number of piperazine rings is 1. The second-order valence-electron chi connectivity index (χ2n) is 8.06. The van der Waals surface area contributed by atoms with Crippen LogP contribution in [0.1, 0.15) is 10.4 Å². The Balaban J connectivity index is 1.39. The molecule has 0 unspecified atom stereocenters. The highest BCUT2D eigenvalue weighted by molar-refractivity contribution is 7.89. The SMILES string of the molecule is O=C(c1cn(-c2ccccc2)nc1-c1cccnc1)N1CCN(S(=O)(=O)c2ccc(F)cc2)CC1. The molecule has 1 aliphatic heterocycles. The number of pyridine rings is 1. The Morgan fingerprint density at radius 2 is 1.60 bits per heavy atom. The molecular weight excluding hydrogens is 469 g/mol. The van der Waals surface area contributed by atoms with Crippen molar-refractivity contribution in [3.63, 3.8) is 0 Å². The highest BCUT2D eigenvalue weighted by Crippen LogP contribution is 2.26. The van der Waals surface area contributed by atoms with Crippen LogP contribution in [0, 0.1) is 5.82 Å². The van der Waals surface area contributed by atoms with E-state index < -0.39 is 15.8 Å². The maximum atomic E-state index is 13.5. The van der Waals surface area contributed by atoms with E-state index in [4.69, 9.17) is 0 Å². The predicted molar refractivity (Wildman–Crippen MR) is 128 cm³/mol. The van der Waals surface area contributed by atoms with Gasteiger partial charge in [-0.25, -0.2) is 17.5 Å². The zero-order chi connectivity index (χ0) is 24.4. The van der Waals surface area contributed by atoms with Gasteiger partial charge >= 0.3 is 0 Å². The molecule has 1 saturated heterocycles. The first-order chi connectivity index (χ1) is 16.9. The molecule has 0 atom stereocenters. The standard InChI is InChI=1S/C25H22FN5O3S/c26-20-8-10-22(11-9-20)35(33,34)30-15-13-29(14-16-30)25(32)23-18-31(21-6-2-1-3-7-21)28-24(23)19-5-4-12-27-17-19/h1-12,17-18H,13-16H2. The van der Waals surface area contributed by atoms with Crippen molar-refractivity contribution in [2.45, 2.75) is 4.90 Å². The van der Waals surface area contributed by atoms with Crippen LogP contribution in [0.15, 0.2) is 90.2 Å². The van der Waals surface area contributed by atoms with Gasteiger partial charge in [-0.3, -0.25) is 9.78 Å². The van der Waals surface area contributed by atoms with Gasteiger partial charge in [0, 0.05) is 50.3 Å². The molecule has 2 aromatic heterocycles. The number of hydrogen-bond donors (Lipinski definition) is 0. The summed E-state index contributed by atoms with van der Waals surface area (Å²) in [7, 11) is -3.77. The Morgan fingerprint density at radius 3 is 2.26 bits per heavy atom. The third-order valence-corrected chi connectivity index (χ3v) is 7.79. The summed E-state index contributed by atoms with van der Waals surface area (Å²) in [5.41, 5.74) is 2.44. The lowest BCUT2D eigenvalue weighted by molar-refractivity contribution is 0.0698. The minimum Gasteiger partial charge on any atom is -0.336 e. The summed E-state index contributed by atoms with van der Waals surface area (Å²) in [4.78, 5) is 19.4. The maximum Gasteiger partial charge on any atom is 0.257 e. The topological polar surface area (TPSA) is 88.4 Å². The minimum atomic E-state index is -3.77. The number of halogens is 1. The highest BCUT2D eigenvalue weighted by Gasteiger charge is 2.32. The number of amides is 1. The van der Waals surface area contributed by atoms with Gasteiger partial charge in [0.1, 0.15) is 11.5 Å². The van der Waals surface area contributed by atoms with Gasteiger partial charge in [0.15, 0.2) is 0 Å². The Morgan fingerprint density at radius 1 is 0.886 bits per heavy atom. The lowest BCUT2D eigenvalue weighted by Gasteiger charge is -2.34. The van der Waals surface area contributed by atoms with Crippen molar-refractivity contribution in [2.75, 3.05) is 26.2 Å². The number of aromatic nitrogens is 3. The van der Waals surface area contributed by atoms with Crippen molar-refractivity contribution in [3.05, 3.63) is 96.7 Å². The van der Waals surface area contributed by atoms with Crippen LogP contribution in [-0.2, 0) is 10.0 Å². The first-order valence-electron chi connectivity index (χ1n) is 11.0. The van der Waals surface area contributed by atoms with Gasteiger partial charge in [-0.2, -0.15) is 9.40 Å². The Labute approximate surface area is 202 Å². The molecule has 10 heteroatoms. The van der Waals surface area contributed by atoms with E-state index >= 15 is 0 Å². The maximum absolute atomic E-state index is 13.5. The number of carbonyl (C=O) groups excluding carboxylic acids is 1. The third-order valence-electron chi connectivity index (χ3n) is 5.88. The van der Waals surface area contributed by atoms with E-state index in [2.05, 4.69) is 10.1 Å². The quantitative estimate of drug-likeness (QED) is 0.428. The molecule has 2 aromatic carbocycles. The fourth-order valence-corrected chi connectivity index (χ4v) is 5.44. The molecule has 0 spiro atoms. The molecule has 8 nitrogen and oxygen atoms in total. The van der Waals surface area contributed by atoms with Crippen molar-refractivity contribution in [1.82, 2.24) is 24.0 Å². The molecule has 5 rings (SSSR count). The second kappa shape index (κ2) is 9.40. The lowest BCUT2D eigenvalue weighted by Crippen LogP contribution is -2.50. The van der Waals surface area contributed by atoms with Crippen LogP contribution in [0.3, 0.4) is 0 Å². The Bertz CT molecular complexity index is 1430. The Hall–Kier alpha value is -3.89. The van der Waals surface area contributed by atoms with E-state index in [0.29, 0.717) is 16.8 Å². The normalized spacial score (nSPS) is 14.7. The molecule has 1 aliphatic rings. The van der Waals surface area contributed by atoms with Crippen molar-refractivity contribution in [2.24, 2.45) is 0 Å². The van der Waals surface area contributed by atoms with Gasteiger partial charge in [-0.05, 0) is 48.5 Å². The summed E-state index contributed by atoms with van der Waals surface area (Å²) < 4.78 is 42.0. The largest absolute Gasteiger partial charge is 0.336 e. The number of hydrogen-bond acceptors (Lipinski definition) is 5. The van der Waals surface area contributed by atoms with Crippen LogP contribution in [0.4, 0.5) is 4.39 Å². The highest BCUT2D eigenvalue weighted by atomic mass is 32.2. The smallest absolute Gasteiger partial charge is 0.257 e. The first kappa shape index (κ1) is 22.9. The van der Waals surface area contributed by atoms with Crippen LogP contribution in [0.25, 0.3) is 16.9 Å². The predicted octanol–water partition coefficient (Wildman–Crippen LogP) is 3.22. The van der Waals surface area contributed by atoms with E-state index in [9.17, 15) is 17.6 Å². The minimum absolute atomic E-state index is 0.0293. The molecular formula is C25H22FN5O3S. The van der Waals surface area contributed by atoms with Crippen LogP contribution in [0.5, 0.6) is 0 Å². The molecule has 4 aromatic rings. The average Bonchev–Trinajstić information content (AvgIpc) is 3.35. The number of rotatable bonds is 5. The summed E-state index contributed by atoms with van der Waals surface area (Å²) in [6, 6.07) is 17.8. The molecule has 35 heavy (non-hydrogen) atoms. The van der Waals surface area contributed by atoms with Gasteiger partial charge < -0.3 is 4.90 Å². The lowest BCUT2D eigenvalue weighted by atomic mass is 10.1. The number of sulfonamides is 1. The molecule has 0 saturated carbocycles. The van der Waals surface area contributed by atoms with Crippen LogP contribution < -0.4 is 0 Å². The van der Waals surface area contributed by atoms with Gasteiger partial charge in [0.25, 0.3) is 5.91 Å². The molecule has 1 fully saturated rings. The third kappa shape index (κ3) is 4.58. The molecule has 0 N–H and O–H groups in total. The van der Waals surface area contributed by atoms with E-state index in [-0.39, 0.29) is 37.0 Å². The molecule has 0 aliphatic carbocycles. The summed E-state index contributed by atoms with van der Waals surface area (Å²) >= 11 is 0. The van der Waals surface area contributed by atoms with Gasteiger partial charge in [0.05, 0.1) is 16.1 Å². The van der Waals surface area contributed by atoms with Crippen LogP contribution in [-0.4, -0.2) is 64.5 Å². The van der Waals surface area contributed by atoms with E-state index in [1.165, 1.54) is 16.4 Å². The summed E-state index contributed by atoms with van der Waals surface area (Å²) in [6.07, 6.45) is 5.00. The number of benzene rings is 2. The monoisotopic (exact) mass is 491 g/mol. The fraction of sp³-hybridized carbons (Fsp3) is 0.160. The van der Waals surface area contributed by atoms with Gasteiger partial charge in [-0.1, -0.05) is 18.2 Å². The number of para-hydroxylation sites is 1. The molecule has 1 amide bonds. The van der Waals surface area contributed by atoms with E-state index in [1.807, 2.05) is 36.4 Å². The summed E-state index contributed by atoms with van der Waals surface area (Å²) in [6.45, 7) is 0.728. The molecule has 178 valence electrons.